The molecule has 1 aromatic heterocycles. The Labute approximate surface area is 199 Å². The van der Waals surface area contributed by atoms with E-state index in [1.54, 1.807) is 13.1 Å². The van der Waals surface area contributed by atoms with Gasteiger partial charge in [-0.2, -0.15) is 12.6 Å². The Hall–Kier alpha value is -2.60. The van der Waals surface area contributed by atoms with Crippen molar-refractivity contribution in [1.82, 2.24) is 25.9 Å². The third-order valence-corrected chi connectivity index (χ3v) is 6.08. The number of carboxylic acids is 1. The van der Waals surface area contributed by atoms with Crippen LogP contribution in [-0.2, 0) is 25.6 Å². The van der Waals surface area contributed by atoms with Crippen LogP contribution in [0, 0.1) is 11.8 Å². The zero-order valence-electron chi connectivity index (χ0n) is 19.5. The van der Waals surface area contributed by atoms with Gasteiger partial charge in [-0.15, -0.1) is 0 Å². The Morgan fingerprint density at radius 1 is 1.03 bits per heavy atom. The molecule has 0 radical (unpaired) electrons. The number of hydrogen-bond acceptors (Lipinski definition) is 7. The molecule has 0 saturated heterocycles. The maximum absolute atomic E-state index is 13.1. The summed E-state index contributed by atoms with van der Waals surface area (Å²) in [6.07, 6.45) is 4.43. The fourth-order valence-electron chi connectivity index (χ4n) is 3.08. The molecule has 186 valence electrons. The van der Waals surface area contributed by atoms with Gasteiger partial charge in [-0.05, 0) is 11.8 Å². The molecule has 11 nitrogen and oxygen atoms in total. The molecule has 1 heterocycles. The van der Waals surface area contributed by atoms with E-state index in [0.717, 1.165) is 0 Å². The fraction of sp³-hybridized carbons (Fsp3) is 0.667. The van der Waals surface area contributed by atoms with E-state index in [4.69, 9.17) is 5.73 Å². The second kappa shape index (κ2) is 13.8. The molecule has 1 aromatic rings. The summed E-state index contributed by atoms with van der Waals surface area (Å²) in [4.78, 5) is 56.6. The van der Waals surface area contributed by atoms with Crippen molar-refractivity contribution in [2.75, 3.05) is 5.75 Å². The number of aromatic nitrogens is 2. The highest BCUT2D eigenvalue weighted by atomic mass is 32.1. The van der Waals surface area contributed by atoms with Gasteiger partial charge in [0.2, 0.25) is 17.7 Å². The first-order valence-corrected chi connectivity index (χ1v) is 11.7. The van der Waals surface area contributed by atoms with Crippen LogP contribution in [0.15, 0.2) is 12.5 Å². The quantitative estimate of drug-likeness (QED) is 0.179. The molecule has 7 N–H and O–H groups in total. The molecule has 6 atom stereocenters. The standard InChI is InChI=1S/C21H36N6O5S/c1-5-11(3)16(19(29)25-15(9-33)21(31)32)27-20(30)17(12(4)6-2)26-18(28)14(22)7-13-8-23-10-24-13/h8,10-12,14-17,33H,5-7,9,22H2,1-4H3,(H,23,24)(H,25,29)(H,26,28)(H,27,30)(H,31,32). The largest absolute Gasteiger partial charge is 0.480 e. The van der Waals surface area contributed by atoms with E-state index in [2.05, 4.69) is 38.5 Å². The average Bonchev–Trinajstić information content (AvgIpc) is 3.30. The lowest BCUT2D eigenvalue weighted by atomic mass is 9.94. The van der Waals surface area contributed by atoms with E-state index in [1.807, 2.05) is 20.8 Å². The van der Waals surface area contributed by atoms with Crippen LogP contribution >= 0.6 is 12.6 Å². The molecular formula is C21H36N6O5S. The number of hydrogen-bond donors (Lipinski definition) is 7. The highest BCUT2D eigenvalue weighted by Crippen LogP contribution is 2.13. The first-order chi connectivity index (χ1) is 15.5. The number of carboxylic acid groups (broad SMARTS) is 1. The van der Waals surface area contributed by atoms with E-state index < -0.39 is 47.9 Å². The van der Waals surface area contributed by atoms with Crippen LogP contribution in [0.25, 0.3) is 0 Å². The average molecular weight is 485 g/mol. The van der Waals surface area contributed by atoms with E-state index in [0.29, 0.717) is 18.5 Å². The summed E-state index contributed by atoms with van der Waals surface area (Å²) in [6, 6.07) is -3.99. The molecule has 0 aliphatic carbocycles. The van der Waals surface area contributed by atoms with Gasteiger partial charge in [0, 0.05) is 24.1 Å². The van der Waals surface area contributed by atoms with E-state index in [-0.39, 0.29) is 24.0 Å². The minimum absolute atomic E-state index is 0.0952. The second-order valence-electron chi connectivity index (χ2n) is 8.21. The summed E-state index contributed by atoms with van der Waals surface area (Å²) in [5.74, 6) is -3.49. The summed E-state index contributed by atoms with van der Waals surface area (Å²) in [6.45, 7) is 7.32. The van der Waals surface area contributed by atoms with Crippen LogP contribution in [0.5, 0.6) is 0 Å². The molecule has 0 bridgehead atoms. The minimum atomic E-state index is -1.22. The van der Waals surface area contributed by atoms with Gasteiger partial charge in [-0.25, -0.2) is 9.78 Å². The Kier molecular flexibility index (Phi) is 11.9. The van der Waals surface area contributed by atoms with Gasteiger partial charge < -0.3 is 31.8 Å². The maximum Gasteiger partial charge on any atom is 0.327 e. The van der Waals surface area contributed by atoms with Crippen LogP contribution in [0.2, 0.25) is 0 Å². The van der Waals surface area contributed by atoms with E-state index >= 15 is 0 Å². The zero-order valence-corrected chi connectivity index (χ0v) is 20.4. The smallest absolute Gasteiger partial charge is 0.327 e. The van der Waals surface area contributed by atoms with Crippen molar-refractivity contribution in [3.05, 3.63) is 18.2 Å². The number of imidazole rings is 1. The number of nitrogens with two attached hydrogens (primary N) is 1. The zero-order chi connectivity index (χ0) is 25.1. The molecule has 1 rings (SSSR count). The molecule has 0 aliphatic heterocycles. The van der Waals surface area contributed by atoms with Crippen molar-refractivity contribution in [3.63, 3.8) is 0 Å². The Morgan fingerprint density at radius 2 is 1.55 bits per heavy atom. The molecule has 6 unspecified atom stereocenters. The van der Waals surface area contributed by atoms with Crippen LogP contribution < -0.4 is 21.7 Å². The summed E-state index contributed by atoms with van der Waals surface area (Å²) in [7, 11) is 0. The Bertz CT molecular complexity index is 790. The lowest BCUT2D eigenvalue weighted by molar-refractivity contribution is -0.142. The molecule has 0 fully saturated rings. The molecular weight excluding hydrogens is 448 g/mol. The third kappa shape index (κ3) is 8.69. The van der Waals surface area contributed by atoms with Gasteiger partial charge in [0.25, 0.3) is 0 Å². The van der Waals surface area contributed by atoms with Gasteiger partial charge in [0.15, 0.2) is 0 Å². The summed E-state index contributed by atoms with van der Waals surface area (Å²) < 4.78 is 0. The summed E-state index contributed by atoms with van der Waals surface area (Å²) in [5.41, 5.74) is 6.69. The molecule has 0 saturated carbocycles. The minimum Gasteiger partial charge on any atom is -0.480 e. The number of amides is 3. The van der Waals surface area contributed by atoms with Gasteiger partial charge >= 0.3 is 5.97 Å². The first-order valence-electron chi connectivity index (χ1n) is 11.0. The number of thiol groups is 1. The van der Waals surface area contributed by atoms with Gasteiger partial charge in [0.1, 0.15) is 18.1 Å². The molecule has 0 aliphatic rings. The molecule has 12 heteroatoms. The predicted molar refractivity (Wildman–Crippen MR) is 126 cm³/mol. The van der Waals surface area contributed by atoms with Crippen molar-refractivity contribution in [2.24, 2.45) is 17.6 Å². The number of carbonyl (C=O) groups excluding carboxylic acids is 3. The lowest BCUT2D eigenvalue weighted by Crippen LogP contribution is -2.60. The van der Waals surface area contributed by atoms with Crippen molar-refractivity contribution in [1.29, 1.82) is 0 Å². The van der Waals surface area contributed by atoms with Crippen molar-refractivity contribution in [2.45, 2.75) is 71.1 Å². The normalized spacial score (nSPS) is 16.5. The second-order valence-corrected chi connectivity index (χ2v) is 8.58. The maximum atomic E-state index is 13.1. The number of carbonyl (C=O) groups is 4. The highest BCUT2D eigenvalue weighted by Gasteiger charge is 2.34. The lowest BCUT2D eigenvalue weighted by Gasteiger charge is -2.30. The topological polar surface area (TPSA) is 179 Å². The third-order valence-electron chi connectivity index (χ3n) is 5.72. The van der Waals surface area contributed by atoms with Crippen molar-refractivity contribution in [3.8, 4) is 0 Å². The molecule has 0 aromatic carbocycles. The number of nitrogens with zero attached hydrogens (tertiary/aromatic N) is 1. The molecule has 33 heavy (non-hydrogen) atoms. The monoisotopic (exact) mass is 484 g/mol. The highest BCUT2D eigenvalue weighted by molar-refractivity contribution is 7.80. The van der Waals surface area contributed by atoms with Crippen molar-refractivity contribution < 1.29 is 24.3 Å². The molecule has 3 amide bonds. The fourth-order valence-corrected chi connectivity index (χ4v) is 3.33. The van der Waals surface area contributed by atoms with Gasteiger partial charge in [-0.1, -0.05) is 40.5 Å². The van der Waals surface area contributed by atoms with E-state index in [9.17, 15) is 24.3 Å². The van der Waals surface area contributed by atoms with Crippen LogP contribution in [-0.4, -0.2) is 68.7 Å². The van der Waals surface area contributed by atoms with Crippen LogP contribution in [0.1, 0.15) is 46.2 Å². The number of aromatic amines is 1. The van der Waals surface area contributed by atoms with Crippen LogP contribution in [0.3, 0.4) is 0 Å². The summed E-state index contributed by atoms with van der Waals surface area (Å²) in [5, 5.41) is 17.0. The van der Waals surface area contributed by atoms with Gasteiger partial charge in [0.05, 0.1) is 12.4 Å². The Balaban J connectivity index is 2.96. The molecule has 0 spiro atoms. The van der Waals surface area contributed by atoms with Gasteiger partial charge in [-0.3, -0.25) is 14.4 Å². The Morgan fingerprint density at radius 3 is 1.97 bits per heavy atom. The first kappa shape index (κ1) is 28.4. The SMILES string of the molecule is CCC(C)C(NC(=O)C(N)Cc1cnc[nH]1)C(=O)NC(C(=O)NC(CS)C(=O)O)C(C)CC. The predicted octanol–water partition coefficient (Wildman–Crippen LogP) is -0.159. The van der Waals surface area contributed by atoms with Crippen molar-refractivity contribution >= 4 is 36.3 Å². The summed E-state index contributed by atoms with van der Waals surface area (Å²) >= 11 is 3.95. The number of H-pyrrole nitrogens is 1. The number of nitrogens with one attached hydrogen (secondary N) is 4. The van der Waals surface area contributed by atoms with E-state index in [1.165, 1.54) is 6.33 Å². The van der Waals surface area contributed by atoms with Crippen LogP contribution in [0.4, 0.5) is 0 Å². The number of aliphatic carboxylic acids is 1. The number of rotatable bonds is 14.